The fourth-order valence-electron chi connectivity index (χ4n) is 2.08. The van der Waals surface area contributed by atoms with Crippen molar-refractivity contribution in [1.82, 2.24) is 5.32 Å². The minimum absolute atomic E-state index is 0.0344. The Bertz CT molecular complexity index is 612. The van der Waals surface area contributed by atoms with Crippen molar-refractivity contribution in [3.8, 4) is 5.75 Å². The van der Waals surface area contributed by atoms with E-state index in [9.17, 15) is 4.79 Å². The normalized spacial score (nSPS) is 10.2. The number of anilines is 1. The Balaban J connectivity index is 1.67. The number of amides is 1. The van der Waals surface area contributed by atoms with E-state index in [0.717, 1.165) is 28.4 Å². The van der Waals surface area contributed by atoms with Crippen LogP contribution in [0.3, 0.4) is 0 Å². The third kappa shape index (κ3) is 6.20. The summed E-state index contributed by atoms with van der Waals surface area (Å²) in [6, 6.07) is 15.2. The van der Waals surface area contributed by atoms with E-state index in [1.165, 1.54) is 0 Å². The maximum absolute atomic E-state index is 11.8. The summed E-state index contributed by atoms with van der Waals surface area (Å²) in [7, 11) is 0. The van der Waals surface area contributed by atoms with Gasteiger partial charge in [-0.25, -0.2) is 0 Å². The van der Waals surface area contributed by atoms with Gasteiger partial charge in [0.05, 0.1) is 13.2 Å². The van der Waals surface area contributed by atoms with Crippen LogP contribution in [0.4, 0.5) is 5.69 Å². The molecule has 0 aliphatic carbocycles. The lowest BCUT2D eigenvalue weighted by atomic mass is 10.1. The summed E-state index contributed by atoms with van der Waals surface area (Å²) in [6.07, 6.45) is 0.784. The molecule has 0 saturated carbocycles. The Morgan fingerprint density at radius 3 is 2.43 bits per heavy atom. The molecular formula is C18H21ClN2O2. The summed E-state index contributed by atoms with van der Waals surface area (Å²) in [6.45, 7) is 3.43. The van der Waals surface area contributed by atoms with Crippen molar-refractivity contribution in [2.45, 2.75) is 13.3 Å². The molecule has 2 aromatic carbocycles. The zero-order valence-electron chi connectivity index (χ0n) is 13.1. The summed E-state index contributed by atoms with van der Waals surface area (Å²) in [5, 5.41) is 6.69. The van der Waals surface area contributed by atoms with E-state index in [0.29, 0.717) is 13.2 Å². The summed E-state index contributed by atoms with van der Waals surface area (Å²) < 4.78 is 5.37. The minimum Gasteiger partial charge on any atom is -0.494 e. The first-order chi connectivity index (χ1) is 11.2. The maximum atomic E-state index is 11.8. The molecule has 0 bridgehead atoms. The highest BCUT2D eigenvalue weighted by Crippen LogP contribution is 2.15. The molecule has 4 nitrogen and oxygen atoms in total. The van der Waals surface area contributed by atoms with Crippen LogP contribution in [0.2, 0.25) is 5.02 Å². The summed E-state index contributed by atoms with van der Waals surface area (Å²) in [4.78, 5) is 11.8. The molecular weight excluding hydrogens is 312 g/mol. The van der Waals surface area contributed by atoms with Crippen molar-refractivity contribution < 1.29 is 9.53 Å². The number of rotatable bonds is 8. The van der Waals surface area contributed by atoms with Crippen LogP contribution in [0.5, 0.6) is 5.75 Å². The second-order valence-corrected chi connectivity index (χ2v) is 5.47. The predicted octanol–water partition coefficient (Wildman–Crippen LogP) is 3.51. The lowest BCUT2D eigenvalue weighted by Gasteiger charge is -2.09. The molecule has 5 heteroatoms. The molecule has 0 spiro atoms. The van der Waals surface area contributed by atoms with Gasteiger partial charge in [0.15, 0.2) is 0 Å². The van der Waals surface area contributed by atoms with Crippen LogP contribution >= 0.6 is 11.6 Å². The standard InChI is InChI=1S/C18H21ClN2O2/c1-2-23-17-9-7-16(8-10-17)21-13-18(22)20-12-11-14-3-5-15(19)6-4-14/h3-10,21H,2,11-13H2,1H3,(H,20,22). The van der Waals surface area contributed by atoms with Gasteiger partial charge in [0.25, 0.3) is 0 Å². The van der Waals surface area contributed by atoms with Gasteiger partial charge in [-0.15, -0.1) is 0 Å². The first-order valence-electron chi connectivity index (χ1n) is 7.65. The van der Waals surface area contributed by atoms with Crippen LogP contribution in [0.15, 0.2) is 48.5 Å². The molecule has 0 aromatic heterocycles. The Morgan fingerprint density at radius 1 is 1.09 bits per heavy atom. The summed E-state index contributed by atoms with van der Waals surface area (Å²) in [5.74, 6) is 0.790. The van der Waals surface area contributed by atoms with Gasteiger partial charge in [-0.3, -0.25) is 4.79 Å². The monoisotopic (exact) mass is 332 g/mol. The molecule has 0 aliphatic rings. The highest BCUT2D eigenvalue weighted by molar-refractivity contribution is 6.30. The van der Waals surface area contributed by atoms with E-state index in [-0.39, 0.29) is 12.5 Å². The van der Waals surface area contributed by atoms with Crippen LogP contribution < -0.4 is 15.4 Å². The Morgan fingerprint density at radius 2 is 1.78 bits per heavy atom. The van der Waals surface area contributed by atoms with Gasteiger partial charge in [-0.05, 0) is 55.3 Å². The quantitative estimate of drug-likeness (QED) is 0.777. The fraction of sp³-hybridized carbons (Fsp3) is 0.278. The van der Waals surface area contributed by atoms with Crippen molar-refractivity contribution >= 4 is 23.2 Å². The van der Waals surface area contributed by atoms with Gasteiger partial charge in [-0.2, -0.15) is 0 Å². The molecule has 0 radical (unpaired) electrons. The molecule has 2 rings (SSSR count). The third-order valence-corrected chi connectivity index (χ3v) is 3.52. The molecule has 0 aliphatic heterocycles. The number of hydrogen-bond acceptors (Lipinski definition) is 3. The van der Waals surface area contributed by atoms with Crippen LogP contribution in [0, 0.1) is 0 Å². The van der Waals surface area contributed by atoms with E-state index >= 15 is 0 Å². The first kappa shape index (κ1) is 17.2. The van der Waals surface area contributed by atoms with E-state index in [1.807, 2.05) is 55.5 Å². The van der Waals surface area contributed by atoms with E-state index in [2.05, 4.69) is 10.6 Å². The molecule has 23 heavy (non-hydrogen) atoms. The SMILES string of the molecule is CCOc1ccc(NCC(=O)NCCc2ccc(Cl)cc2)cc1. The smallest absolute Gasteiger partial charge is 0.239 e. The van der Waals surface area contributed by atoms with Crippen molar-refractivity contribution in [3.63, 3.8) is 0 Å². The Hall–Kier alpha value is -2.20. The number of ether oxygens (including phenoxy) is 1. The second-order valence-electron chi connectivity index (χ2n) is 5.04. The van der Waals surface area contributed by atoms with Crippen molar-refractivity contribution in [2.24, 2.45) is 0 Å². The van der Waals surface area contributed by atoms with Crippen LogP contribution in [-0.4, -0.2) is 25.6 Å². The second kappa shape index (κ2) is 9.06. The van der Waals surface area contributed by atoms with Crippen LogP contribution in [0.25, 0.3) is 0 Å². The lowest BCUT2D eigenvalue weighted by molar-refractivity contribution is -0.119. The molecule has 2 N–H and O–H groups in total. The van der Waals surface area contributed by atoms with Crippen molar-refractivity contribution in [2.75, 3.05) is 25.0 Å². The number of carbonyl (C=O) groups excluding carboxylic acids is 1. The molecule has 0 unspecified atom stereocenters. The molecule has 122 valence electrons. The van der Waals surface area contributed by atoms with Gasteiger partial charge in [0, 0.05) is 17.3 Å². The zero-order chi connectivity index (χ0) is 16.5. The average Bonchev–Trinajstić information content (AvgIpc) is 2.56. The van der Waals surface area contributed by atoms with Gasteiger partial charge < -0.3 is 15.4 Å². The zero-order valence-corrected chi connectivity index (χ0v) is 13.9. The highest BCUT2D eigenvalue weighted by atomic mass is 35.5. The Labute approximate surface area is 141 Å². The van der Waals surface area contributed by atoms with E-state index in [1.54, 1.807) is 0 Å². The molecule has 0 saturated heterocycles. The molecule has 0 atom stereocenters. The average molecular weight is 333 g/mol. The van der Waals surface area contributed by atoms with Gasteiger partial charge in [0.1, 0.15) is 5.75 Å². The number of benzene rings is 2. The molecule has 1 amide bonds. The summed E-state index contributed by atoms with van der Waals surface area (Å²) in [5.41, 5.74) is 2.04. The first-order valence-corrected chi connectivity index (χ1v) is 8.03. The van der Waals surface area contributed by atoms with Gasteiger partial charge in [-0.1, -0.05) is 23.7 Å². The minimum atomic E-state index is -0.0344. The Kier molecular flexibility index (Phi) is 6.76. The van der Waals surface area contributed by atoms with Crippen LogP contribution in [-0.2, 0) is 11.2 Å². The third-order valence-electron chi connectivity index (χ3n) is 3.27. The van der Waals surface area contributed by atoms with Crippen LogP contribution in [0.1, 0.15) is 12.5 Å². The number of hydrogen-bond donors (Lipinski definition) is 2. The van der Waals surface area contributed by atoms with E-state index < -0.39 is 0 Å². The molecule has 0 heterocycles. The number of halogens is 1. The number of carbonyl (C=O) groups is 1. The maximum Gasteiger partial charge on any atom is 0.239 e. The largest absolute Gasteiger partial charge is 0.494 e. The highest BCUT2D eigenvalue weighted by Gasteiger charge is 2.01. The van der Waals surface area contributed by atoms with Crippen molar-refractivity contribution in [3.05, 3.63) is 59.1 Å². The molecule has 0 fully saturated rings. The van der Waals surface area contributed by atoms with Crippen molar-refractivity contribution in [1.29, 1.82) is 0 Å². The predicted molar refractivity (Wildman–Crippen MR) is 94.3 cm³/mol. The fourth-order valence-corrected chi connectivity index (χ4v) is 2.20. The van der Waals surface area contributed by atoms with E-state index in [4.69, 9.17) is 16.3 Å². The topological polar surface area (TPSA) is 50.4 Å². The summed E-state index contributed by atoms with van der Waals surface area (Å²) >= 11 is 5.84. The van der Waals surface area contributed by atoms with Gasteiger partial charge in [0.2, 0.25) is 5.91 Å². The van der Waals surface area contributed by atoms with Gasteiger partial charge >= 0.3 is 0 Å². The number of nitrogens with one attached hydrogen (secondary N) is 2. The molecule has 2 aromatic rings. The lowest BCUT2D eigenvalue weighted by Crippen LogP contribution is -2.31.